The quantitative estimate of drug-likeness (QED) is 0.0887. The molecule has 18 N–H and O–H groups in total. The topological polar surface area (TPSA) is 417 Å². The summed E-state index contributed by atoms with van der Waals surface area (Å²) in [7, 11) is -5.07. The number of hydrogen-bond donors (Lipinski definition) is 13. The maximum atomic E-state index is 13.1. The van der Waals surface area contributed by atoms with Crippen LogP contribution >= 0.6 is 7.82 Å². The summed E-state index contributed by atoms with van der Waals surface area (Å²) >= 11 is 0. The van der Waals surface area contributed by atoms with Crippen molar-refractivity contribution in [2.24, 2.45) is 22.9 Å². The molecule has 1 unspecified atom stereocenters. The van der Waals surface area contributed by atoms with Crippen LogP contribution in [0.15, 0.2) is 12.7 Å². The lowest BCUT2D eigenvalue weighted by molar-refractivity contribution is -0.331. The lowest BCUT2D eigenvalue weighted by Gasteiger charge is -2.48. The number of imidazole rings is 1. The molecule has 26 heteroatoms. The molecule has 0 spiro atoms. The monoisotopic (exact) mass is 797 g/mol. The standard InChI is InChI=1S/C28H48N9O16P/c29-3-11-24(53-54(45,46)47-5-13-10(39)2-14(48-13)37-7-36-16-25(33)34-6-35-26(16)37)19(42)20(43)28(49-11)52-23-9(31)1-8(30)22(21(23)44)51-27-18(41)15(32)17(40)12(4-38)50-27/h6-15,17-24,27-28,38-44H,1-5,29-32H2,(H,45,46)(H2,33,34,35)/t8-,9+,10+,11-,12-,13-,14-,15+,17-,18-,19-,20-,21-,22+,23-,24-,27-,28-/m1/s1. The zero-order chi connectivity index (χ0) is 39.2. The molecule has 2 aromatic rings. The van der Waals surface area contributed by atoms with Gasteiger partial charge in [0.05, 0.1) is 31.7 Å². The molecule has 0 bridgehead atoms. The van der Waals surface area contributed by atoms with E-state index in [4.69, 9.17) is 61.4 Å². The molecule has 1 aliphatic carbocycles. The highest BCUT2D eigenvalue weighted by atomic mass is 31.2. The first-order valence-corrected chi connectivity index (χ1v) is 18.6. The first-order valence-electron chi connectivity index (χ1n) is 17.1. The fourth-order valence-corrected chi connectivity index (χ4v) is 7.95. The maximum Gasteiger partial charge on any atom is 0.472 e. The fraction of sp³-hybridized carbons (Fsp3) is 0.821. The molecule has 19 atom stereocenters. The largest absolute Gasteiger partial charge is 0.472 e. The predicted molar refractivity (Wildman–Crippen MR) is 177 cm³/mol. The minimum Gasteiger partial charge on any atom is -0.394 e. The van der Waals surface area contributed by atoms with Gasteiger partial charge in [-0.15, -0.1) is 0 Å². The summed E-state index contributed by atoms with van der Waals surface area (Å²) in [5.41, 5.74) is 30.6. The fourth-order valence-electron chi connectivity index (χ4n) is 6.98. The highest BCUT2D eigenvalue weighted by Gasteiger charge is 2.53. The van der Waals surface area contributed by atoms with Crippen molar-refractivity contribution >= 4 is 24.8 Å². The van der Waals surface area contributed by atoms with Crippen LogP contribution < -0.4 is 28.7 Å². The molecule has 2 aromatic heterocycles. The van der Waals surface area contributed by atoms with E-state index < -0.39 is 138 Å². The average Bonchev–Trinajstić information content (AvgIpc) is 3.74. The highest BCUT2D eigenvalue weighted by molar-refractivity contribution is 7.47. The summed E-state index contributed by atoms with van der Waals surface area (Å²) in [6.45, 7) is -1.73. The lowest BCUT2D eigenvalue weighted by Crippen LogP contribution is -2.68. The van der Waals surface area contributed by atoms with Crippen LogP contribution in [0.2, 0.25) is 0 Å². The number of phosphoric ester groups is 1. The molecule has 0 amide bonds. The van der Waals surface area contributed by atoms with E-state index in [0.717, 1.165) is 0 Å². The molecule has 3 aliphatic heterocycles. The molecule has 5 heterocycles. The van der Waals surface area contributed by atoms with E-state index in [-0.39, 0.29) is 18.7 Å². The summed E-state index contributed by atoms with van der Waals surface area (Å²) in [4.78, 5) is 22.8. The van der Waals surface area contributed by atoms with Gasteiger partial charge in [0.15, 0.2) is 24.0 Å². The Bertz CT molecular complexity index is 1620. The van der Waals surface area contributed by atoms with E-state index in [1.54, 1.807) is 0 Å². The number of ether oxygens (including phenoxy) is 5. The second-order valence-electron chi connectivity index (χ2n) is 13.6. The molecule has 6 rings (SSSR count). The van der Waals surface area contributed by atoms with Crippen molar-refractivity contribution in [1.82, 2.24) is 19.5 Å². The predicted octanol–water partition coefficient (Wildman–Crippen LogP) is -7.08. The van der Waals surface area contributed by atoms with Crippen LogP contribution in [0, 0.1) is 0 Å². The molecule has 4 fully saturated rings. The number of nitrogen functional groups attached to an aromatic ring is 1. The number of aliphatic hydroxyl groups is 7. The normalized spacial score (nSPS) is 44.4. The van der Waals surface area contributed by atoms with Gasteiger partial charge in [0.2, 0.25) is 0 Å². The molecular formula is C28H48N9O16P. The van der Waals surface area contributed by atoms with E-state index in [1.165, 1.54) is 17.2 Å². The van der Waals surface area contributed by atoms with Gasteiger partial charge in [-0.2, -0.15) is 0 Å². The van der Waals surface area contributed by atoms with Crippen LogP contribution in [-0.4, -0.2) is 184 Å². The van der Waals surface area contributed by atoms with Crippen molar-refractivity contribution < 1.29 is 77.9 Å². The lowest BCUT2D eigenvalue weighted by atomic mass is 9.84. The van der Waals surface area contributed by atoms with Gasteiger partial charge in [-0.1, -0.05) is 0 Å². The second kappa shape index (κ2) is 16.7. The molecule has 0 aromatic carbocycles. The first-order chi connectivity index (χ1) is 25.5. The van der Waals surface area contributed by atoms with Crippen molar-refractivity contribution in [3.05, 3.63) is 12.7 Å². The molecule has 0 radical (unpaired) electrons. The van der Waals surface area contributed by atoms with Gasteiger partial charge < -0.3 is 93.0 Å². The number of rotatable bonds is 12. The van der Waals surface area contributed by atoms with Crippen molar-refractivity contribution in [2.75, 3.05) is 25.5 Å². The van der Waals surface area contributed by atoms with E-state index in [1.807, 2.05) is 0 Å². The molecule has 54 heavy (non-hydrogen) atoms. The van der Waals surface area contributed by atoms with E-state index in [2.05, 4.69) is 15.0 Å². The van der Waals surface area contributed by atoms with Crippen molar-refractivity contribution in [1.29, 1.82) is 0 Å². The maximum absolute atomic E-state index is 13.1. The van der Waals surface area contributed by atoms with Gasteiger partial charge in [0.1, 0.15) is 85.2 Å². The number of phosphoric acid groups is 1. The third-order valence-corrected chi connectivity index (χ3v) is 11.0. The minimum atomic E-state index is -5.07. The average molecular weight is 798 g/mol. The Kier molecular flexibility index (Phi) is 12.8. The van der Waals surface area contributed by atoms with Crippen molar-refractivity contribution in [2.45, 2.75) is 123 Å². The molecule has 3 saturated heterocycles. The first kappa shape index (κ1) is 41.5. The van der Waals surface area contributed by atoms with Gasteiger partial charge in [-0.05, 0) is 6.42 Å². The smallest absolute Gasteiger partial charge is 0.394 e. The summed E-state index contributed by atoms with van der Waals surface area (Å²) in [5.74, 6) is 0.139. The van der Waals surface area contributed by atoms with Crippen LogP contribution in [0.3, 0.4) is 0 Å². The Morgan fingerprint density at radius 3 is 2.11 bits per heavy atom. The third-order valence-electron chi connectivity index (χ3n) is 10.0. The Morgan fingerprint density at radius 1 is 0.815 bits per heavy atom. The number of aromatic nitrogens is 4. The second-order valence-corrected chi connectivity index (χ2v) is 15.1. The van der Waals surface area contributed by atoms with Crippen LogP contribution in [0.25, 0.3) is 11.2 Å². The molecule has 1 saturated carbocycles. The molecule has 306 valence electrons. The zero-order valence-corrected chi connectivity index (χ0v) is 29.4. The number of fused-ring (bicyclic) bond motifs is 1. The summed E-state index contributed by atoms with van der Waals surface area (Å²) in [6.07, 6.45) is -19.4. The van der Waals surface area contributed by atoms with Gasteiger partial charge in [-0.25, -0.2) is 19.5 Å². The Hall–Kier alpha value is -2.18. The molecule has 25 nitrogen and oxygen atoms in total. The number of hydrogen-bond acceptors (Lipinski definition) is 23. The number of aliphatic hydroxyl groups excluding tert-OH is 7. The van der Waals surface area contributed by atoms with E-state index in [0.29, 0.717) is 11.2 Å². The van der Waals surface area contributed by atoms with Crippen LogP contribution in [-0.2, 0) is 37.3 Å². The summed E-state index contributed by atoms with van der Waals surface area (Å²) in [6, 6.07) is -3.21. The van der Waals surface area contributed by atoms with Crippen LogP contribution in [0.4, 0.5) is 5.82 Å². The van der Waals surface area contributed by atoms with Gasteiger partial charge in [0.25, 0.3) is 0 Å². The van der Waals surface area contributed by atoms with Gasteiger partial charge >= 0.3 is 7.82 Å². The minimum absolute atomic E-state index is 0.0299. The van der Waals surface area contributed by atoms with Gasteiger partial charge in [0, 0.05) is 25.0 Å². The number of nitrogens with two attached hydrogens (primary N) is 5. The molecule has 4 aliphatic rings. The number of anilines is 1. The Balaban J connectivity index is 1.06. The zero-order valence-electron chi connectivity index (χ0n) is 28.5. The van der Waals surface area contributed by atoms with E-state index in [9.17, 15) is 45.2 Å². The Labute approximate surface area is 306 Å². The summed E-state index contributed by atoms with van der Waals surface area (Å²) in [5, 5.41) is 74.1. The van der Waals surface area contributed by atoms with Crippen LogP contribution in [0.5, 0.6) is 0 Å². The third kappa shape index (κ3) is 8.27. The van der Waals surface area contributed by atoms with Crippen molar-refractivity contribution in [3.63, 3.8) is 0 Å². The highest BCUT2D eigenvalue weighted by Crippen LogP contribution is 2.48. The van der Waals surface area contributed by atoms with Crippen LogP contribution in [0.1, 0.15) is 19.1 Å². The number of nitrogens with zero attached hydrogens (tertiary/aromatic N) is 4. The summed E-state index contributed by atoms with van der Waals surface area (Å²) < 4.78 is 53.5. The SMILES string of the molecule is NC[C@H]1O[C@H](O[C@H]2[C@H](O)[C@@H](O[C@H]3O[C@H](CO)[C@@H](O)[C@H](N)[C@H]3O)[C@H](N)C[C@@H]2N)[C@H](O)[C@@H](O)[C@@H]1OP(=O)(O)OC[C@H]1O[C@@H](n2cnc3c(N)ncnc32)C[C@@H]1O. The van der Waals surface area contributed by atoms with Crippen molar-refractivity contribution in [3.8, 4) is 0 Å². The van der Waals surface area contributed by atoms with Gasteiger partial charge in [-0.3, -0.25) is 13.6 Å². The molecular weight excluding hydrogens is 749 g/mol. The Morgan fingerprint density at radius 2 is 1.46 bits per heavy atom. The van der Waals surface area contributed by atoms with E-state index >= 15 is 0 Å².